The van der Waals surface area contributed by atoms with Crippen LogP contribution in [0.4, 0.5) is 0 Å². The summed E-state index contributed by atoms with van der Waals surface area (Å²) in [6.45, 7) is 2.23. The molecule has 6 nitrogen and oxygen atoms in total. The van der Waals surface area contributed by atoms with Crippen LogP contribution < -0.4 is 10.9 Å². The number of nitrogens with one attached hydrogen (secondary N) is 2. The number of benzene rings is 2. The maximum atomic E-state index is 12.4. The Balaban J connectivity index is 1.81. The summed E-state index contributed by atoms with van der Waals surface area (Å²) in [5.74, 6) is -0.498. The first-order valence-corrected chi connectivity index (χ1v) is 7.22. The number of para-hydroxylation sites is 1. The molecule has 3 aromatic rings. The predicted molar refractivity (Wildman–Crippen MR) is 86.5 cm³/mol. The van der Waals surface area contributed by atoms with Crippen molar-refractivity contribution in [3.8, 4) is 5.69 Å². The molecule has 0 spiro atoms. The van der Waals surface area contributed by atoms with Gasteiger partial charge < -0.3 is 5.32 Å². The van der Waals surface area contributed by atoms with Crippen molar-refractivity contribution in [1.82, 2.24) is 20.3 Å². The van der Waals surface area contributed by atoms with E-state index in [-0.39, 0.29) is 5.69 Å². The molecule has 23 heavy (non-hydrogen) atoms. The standard InChI is InChI=1S/C17H16N4O2/c1-12-7-5-6-10-14(12)21-17(23)15(19-20-21)16(22)18-11-13-8-3-2-4-9-13/h2-10,20H,11H2,1H3,(H,18,22). The Kier molecular flexibility index (Phi) is 4.05. The van der Waals surface area contributed by atoms with Gasteiger partial charge in [-0.05, 0) is 24.1 Å². The van der Waals surface area contributed by atoms with Gasteiger partial charge in [0.1, 0.15) is 0 Å². The van der Waals surface area contributed by atoms with Crippen LogP contribution in [0.15, 0.2) is 59.4 Å². The van der Waals surface area contributed by atoms with Crippen LogP contribution in [-0.2, 0) is 6.54 Å². The van der Waals surface area contributed by atoms with Crippen molar-refractivity contribution in [1.29, 1.82) is 0 Å². The SMILES string of the molecule is Cc1ccccc1-n1[nH]nc(C(=O)NCc2ccccc2)c1=O. The first-order chi connectivity index (χ1) is 11.2. The third-order valence-electron chi connectivity index (χ3n) is 3.53. The summed E-state index contributed by atoms with van der Waals surface area (Å²) in [6, 6.07) is 16.9. The number of hydrogen-bond acceptors (Lipinski definition) is 3. The van der Waals surface area contributed by atoms with E-state index in [1.807, 2.05) is 55.5 Å². The monoisotopic (exact) mass is 308 g/mol. The minimum absolute atomic E-state index is 0.149. The summed E-state index contributed by atoms with van der Waals surface area (Å²) < 4.78 is 1.27. The lowest BCUT2D eigenvalue weighted by atomic mass is 10.2. The molecule has 0 atom stereocenters. The number of H-pyrrole nitrogens is 1. The van der Waals surface area contributed by atoms with Crippen molar-refractivity contribution >= 4 is 5.91 Å². The van der Waals surface area contributed by atoms with Gasteiger partial charge in [-0.2, -0.15) is 0 Å². The summed E-state index contributed by atoms with van der Waals surface area (Å²) in [5.41, 5.74) is 1.92. The lowest BCUT2D eigenvalue weighted by Gasteiger charge is -2.04. The van der Waals surface area contributed by atoms with Gasteiger partial charge in [0, 0.05) is 6.54 Å². The molecule has 0 fully saturated rings. The first-order valence-electron chi connectivity index (χ1n) is 7.22. The Morgan fingerprint density at radius 3 is 2.57 bits per heavy atom. The van der Waals surface area contributed by atoms with Crippen LogP contribution in [0, 0.1) is 6.92 Å². The van der Waals surface area contributed by atoms with Gasteiger partial charge in [-0.3, -0.25) is 9.59 Å². The lowest BCUT2D eigenvalue weighted by molar-refractivity contribution is 0.0944. The van der Waals surface area contributed by atoms with E-state index in [4.69, 9.17) is 0 Å². The molecule has 0 radical (unpaired) electrons. The average Bonchev–Trinajstić information content (AvgIpc) is 2.95. The van der Waals surface area contributed by atoms with E-state index in [0.717, 1.165) is 11.1 Å². The molecule has 0 unspecified atom stereocenters. The average molecular weight is 308 g/mol. The highest BCUT2D eigenvalue weighted by Crippen LogP contribution is 2.09. The third kappa shape index (κ3) is 3.06. The van der Waals surface area contributed by atoms with Crippen molar-refractivity contribution < 1.29 is 4.79 Å². The zero-order valence-corrected chi connectivity index (χ0v) is 12.6. The maximum Gasteiger partial charge on any atom is 0.304 e. The van der Waals surface area contributed by atoms with E-state index in [1.165, 1.54) is 4.68 Å². The number of aromatic nitrogens is 3. The molecule has 3 rings (SSSR count). The fourth-order valence-corrected chi connectivity index (χ4v) is 2.29. The molecule has 1 amide bonds. The van der Waals surface area contributed by atoms with Crippen molar-refractivity contribution in [3.05, 3.63) is 81.8 Å². The predicted octanol–water partition coefficient (Wildman–Crippen LogP) is 1.80. The summed E-state index contributed by atoms with van der Waals surface area (Å²) in [6.07, 6.45) is 0. The van der Waals surface area contributed by atoms with Crippen LogP contribution in [-0.4, -0.2) is 20.9 Å². The quantitative estimate of drug-likeness (QED) is 0.771. The minimum Gasteiger partial charge on any atom is -0.346 e. The summed E-state index contributed by atoms with van der Waals surface area (Å²) in [7, 11) is 0. The van der Waals surface area contributed by atoms with Gasteiger partial charge in [0.25, 0.3) is 5.91 Å². The Hall–Kier alpha value is -3.15. The van der Waals surface area contributed by atoms with E-state index in [2.05, 4.69) is 15.6 Å². The van der Waals surface area contributed by atoms with E-state index < -0.39 is 11.5 Å². The van der Waals surface area contributed by atoms with Crippen LogP contribution in [0.3, 0.4) is 0 Å². The summed E-state index contributed by atoms with van der Waals surface area (Å²) in [5, 5.41) is 9.16. The fraction of sp³-hybridized carbons (Fsp3) is 0.118. The number of rotatable bonds is 4. The van der Waals surface area contributed by atoms with E-state index in [9.17, 15) is 9.59 Å². The molecule has 0 aliphatic rings. The topological polar surface area (TPSA) is 79.8 Å². The highest BCUT2D eigenvalue weighted by atomic mass is 16.2. The third-order valence-corrected chi connectivity index (χ3v) is 3.53. The molecule has 2 aromatic carbocycles. The van der Waals surface area contributed by atoms with Gasteiger partial charge in [0.15, 0.2) is 0 Å². The first kappa shape index (κ1) is 14.8. The largest absolute Gasteiger partial charge is 0.346 e. The van der Waals surface area contributed by atoms with Crippen LogP contribution in [0.2, 0.25) is 0 Å². The van der Waals surface area contributed by atoms with E-state index >= 15 is 0 Å². The molecule has 6 heteroatoms. The van der Waals surface area contributed by atoms with Crippen LogP contribution in [0.5, 0.6) is 0 Å². The molecule has 0 aliphatic heterocycles. The van der Waals surface area contributed by atoms with Crippen molar-refractivity contribution in [2.75, 3.05) is 0 Å². The van der Waals surface area contributed by atoms with Crippen molar-refractivity contribution in [2.45, 2.75) is 13.5 Å². The normalized spacial score (nSPS) is 10.5. The Bertz CT molecular complexity index is 881. The molecule has 0 bridgehead atoms. The lowest BCUT2D eigenvalue weighted by Crippen LogP contribution is -2.29. The molecule has 1 aromatic heterocycles. The van der Waals surface area contributed by atoms with Gasteiger partial charge >= 0.3 is 5.56 Å². The second-order valence-corrected chi connectivity index (χ2v) is 5.16. The van der Waals surface area contributed by atoms with E-state index in [0.29, 0.717) is 12.2 Å². The molecule has 0 saturated carbocycles. The number of carbonyl (C=O) groups is 1. The highest BCUT2D eigenvalue weighted by molar-refractivity contribution is 5.91. The zero-order valence-electron chi connectivity index (χ0n) is 12.6. The summed E-state index contributed by atoms with van der Waals surface area (Å²) in [4.78, 5) is 24.5. The van der Waals surface area contributed by atoms with Gasteiger partial charge in [-0.25, -0.2) is 9.90 Å². The van der Waals surface area contributed by atoms with Crippen LogP contribution in [0.1, 0.15) is 21.6 Å². The number of aryl methyl sites for hydroxylation is 1. The summed E-state index contributed by atoms with van der Waals surface area (Å²) >= 11 is 0. The molecule has 1 heterocycles. The Morgan fingerprint density at radius 1 is 1.13 bits per heavy atom. The second kappa shape index (κ2) is 6.31. The van der Waals surface area contributed by atoms with Crippen molar-refractivity contribution in [3.63, 3.8) is 0 Å². The van der Waals surface area contributed by atoms with Crippen molar-refractivity contribution in [2.24, 2.45) is 0 Å². The molecular weight excluding hydrogens is 292 g/mol. The number of nitrogens with zero attached hydrogens (tertiary/aromatic N) is 2. The zero-order chi connectivity index (χ0) is 16.2. The van der Waals surface area contributed by atoms with Gasteiger partial charge in [0.05, 0.1) is 5.69 Å². The fourth-order valence-electron chi connectivity index (χ4n) is 2.29. The van der Waals surface area contributed by atoms with E-state index in [1.54, 1.807) is 6.07 Å². The molecule has 116 valence electrons. The van der Waals surface area contributed by atoms with Crippen LogP contribution in [0.25, 0.3) is 5.69 Å². The highest BCUT2D eigenvalue weighted by Gasteiger charge is 2.17. The number of aromatic amines is 1. The molecule has 2 N–H and O–H groups in total. The second-order valence-electron chi connectivity index (χ2n) is 5.16. The molecule has 0 aliphatic carbocycles. The van der Waals surface area contributed by atoms with Gasteiger partial charge in [-0.15, -0.1) is 5.10 Å². The minimum atomic E-state index is -0.498. The Labute approximate surface area is 132 Å². The van der Waals surface area contributed by atoms with Crippen LogP contribution >= 0.6 is 0 Å². The maximum absolute atomic E-state index is 12.4. The number of carbonyl (C=O) groups excluding carboxylic acids is 1. The molecule has 0 saturated heterocycles. The Morgan fingerprint density at radius 2 is 1.83 bits per heavy atom. The molecular formula is C17H16N4O2. The van der Waals surface area contributed by atoms with Gasteiger partial charge in [0.2, 0.25) is 5.69 Å². The number of hydrogen-bond donors (Lipinski definition) is 2. The van der Waals surface area contributed by atoms with Gasteiger partial charge in [-0.1, -0.05) is 48.5 Å². The number of amides is 1. The smallest absolute Gasteiger partial charge is 0.304 e.